The van der Waals surface area contributed by atoms with Crippen molar-refractivity contribution in [3.63, 3.8) is 0 Å². The van der Waals surface area contributed by atoms with Crippen LogP contribution in [0.3, 0.4) is 0 Å². The van der Waals surface area contributed by atoms with E-state index in [9.17, 15) is 23.6 Å². The zero-order chi connectivity index (χ0) is 22.6. The van der Waals surface area contributed by atoms with Crippen LogP contribution in [0.2, 0.25) is 0 Å². The minimum absolute atomic E-state index is 0.0674. The minimum atomic E-state index is -1.41. The van der Waals surface area contributed by atoms with Gasteiger partial charge in [0.15, 0.2) is 0 Å². The van der Waals surface area contributed by atoms with Gasteiger partial charge >= 0.3 is 6.09 Å². The maximum atomic E-state index is 14.2. The second-order valence-corrected chi connectivity index (χ2v) is 8.16. The van der Waals surface area contributed by atoms with Crippen LogP contribution in [0.1, 0.15) is 30.6 Å². The monoisotopic (exact) mass is 486 g/mol. The first-order valence-electron chi connectivity index (χ1n) is 9.24. The van der Waals surface area contributed by atoms with Gasteiger partial charge in [-0.25, -0.2) is 9.18 Å². The maximum absolute atomic E-state index is 14.2. The summed E-state index contributed by atoms with van der Waals surface area (Å²) in [6.45, 7) is 3.13. The lowest BCUT2D eigenvalue weighted by Gasteiger charge is -2.30. The second kappa shape index (κ2) is 9.88. The van der Waals surface area contributed by atoms with Crippen LogP contribution in [-0.2, 0) is 14.3 Å². The van der Waals surface area contributed by atoms with E-state index >= 15 is 0 Å². The molecule has 1 fully saturated rings. The fourth-order valence-electron chi connectivity index (χ4n) is 3.20. The fraction of sp³-hybridized carbons (Fsp3) is 0.474. The number of methoxy groups -OCH3 is 1. The molecule has 2 rings (SSSR count). The van der Waals surface area contributed by atoms with Crippen LogP contribution in [0.15, 0.2) is 22.7 Å². The number of rotatable bonds is 6. The van der Waals surface area contributed by atoms with Crippen LogP contribution in [0.4, 0.5) is 14.9 Å². The molecule has 0 aromatic heterocycles. The third kappa shape index (κ3) is 5.47. The van der Waals surface area contributed by atoms with Gasteiger partial charge in [-0.3, -0.25) is 14.4 Å². The van der Waals surface area contributed by atoms with Crippen LogP contribution < -0.4 is 16.4 Å². The Balaban J connectivity index is 2.25. The number of amides is 4. The molecule has 11 heteroatoms. The fourth-order valence-corrected chi connectivity index (χ4v) is 3.56. The highest BCUT2D eigenvalue weighted by Gasteiger charge is 2.43. The van der Waals surface area contributed by atoms with Gasteiger partial charge in [-0.2, -0.15) is 0 Å². The highest BCUT2D eigenvalue weighted by Crippen LogP contribution is 2.26. The summed E-state index contributed by atoms with van der Waals surface area (Å²) in [5, 5.41) is 4.98. The molecule has 1 aliphatic heterocycles. The number of alkyl halides is 1. The molecule has 30 heavy (non-hydrogen) atoms. The van der Waals surface area contributed by atoms with Gasteiger partial charge in [0.25, 0.3) is 5.91 Å². The third-order valence-electron chi connectivity index (χ3n) is 4.73. The number of primary amides is 1. The molecule has 0 radical (unpaired) electrons. The molecule has 164 valence electrons. The Hall–Kier alpha value is -2.69. The summed E-state index contributed by atoms with van der Waals surface area (Å²) in [7, 11) is 1.16. The average molecular weight is 487 g/mol. The lowest BCUT2D eigenvalue weighted by atomic mass is 10.0. The quantitative estimate of drug-likeness (QED) is 0.564. The molecule has 9 nitrogen and oxygen atoms in total. The first kappa shape index (κ1) is 23.6. The molecule has 4 amide bonds. The Morgan fingerprint density at radius 3 is 2.53 bits per heavy atom. The standard InChI is InChI=1S/C19H24BrFN4O5/c1-9(2)15(24-19(29)30-3)18(28)25-8-11(21)7-14(25)17(27)23-13-5-4-10(20)6-12(13)16(22)26/h4-6,9,11,14-15H,7-8H2,1-3H3,(H2,22,26)(H,23,27)(H,24,29)/t11-,14-,15-/m0/s1. The van der Waals surface area contributed by atoms with E-state index in [4.69, 9.17) is 5.73 Å². The Labute approximate surface area is 181 Å². The number of likely N-dealkylation sites (tertiary alicyclic amines) is 1. The smallest absolute Gasteiger partial charge is 0.407 e. The van der Waals surface area contributed by atoms with Crippen LogP contribution >= 0.6 is 15.9 Å². The average Bonchev–Trinajstić information content (AvgIpc) is 3.08. The van der Waals surface area contributed by atoms with Crippen molar-refractivity contribution in [1.29, 1.82) is 0 Å². The van der Waals surface area contributed by atoms with Crippen molar-refractivity contribution in [2.24, 2.45) is 11.7 Å². The Morgan fingerprint density at radius 1 is 1.30 bits per heavy atom. The van der Waals surface area contributed by atoms with Crippen molar-refractivity contribution in [1.82, 2.24) is 10.2 Å². The molecule has 0 aliphatic carbocycles. The van der Waals surface area contributed by atoms with Crippen LogP contribution in [0.25, 0.3) is 0 Å². The van der Waals surface area contributed by atoms with Gasteiger partial charge in [0.05, 0.1) is 24.9 Å². The van der Waals surface area contributed by atoms with Gasteiger partial charge in [0, 0.05) is 10.9 Å². The summed E-state index contributed by atoms with van der Waals surface area (Å²) in [6, 6.07) is 2.42. The molecule has 0 saturated carbocycles. The van der Waals surface area contributed by atoms with E-state index in [2.05, 4.69) is 31.3 Å². The number of benzene rings is 1. The summed E-state index contributed by atoms with van der Waals surface area (Å²) in [4.78, 5) is 50.2. The summed E-state index contributed by atoms with van der Waals surface area (Å²) in [5.41, 5.74) is 5.57. The molecular formula is C19H24BrFN4O5. The molecule has 0 unspecified atom stereocenters. The van der Waals surface area contributed by atoms with E-state index in [1.165, 1.54) is 12.1 Å². The van der Waals surface area contributed by atoms with E-state index in [1.54, 1.807) is 19.9 Å². The minimum Gasteiger partial charge on any atom is -0.453 e. The van der Waals surface area contributed by atoms with Crippen LogP contribution in [0, 0.1) is 5.92 Å². The lowest BCUT2D eigenvalue weighted by molar-refractivity contribution is -0.139. The van der Waals surface area contributed by atoms with Crippen molar-refractivity contribution in [2.45, 2.75) is 38.5 Å². The zero-order valence-electron chi connectivity index (χ0n) is 16.8. The van der Waals surface area contributed by atoms with Gasteiger partial charge < -0.3 is 26.0 Å². The SMILES string of the molecule is COC(=O)N[C@H](C(=O)N1C[C@@H](F)C[C@H]1C(=O)Nc1ccc(Br)cc1C(N)=O)C(C)C. The molecular weight excluding hydrogens is 463 g/mol. The predicted octanol–water partition coefficient (Wildman–Crippen LogP) is 1.81. The number of carbonyl (C=O) groups is 4. The van der Waals surface area contributed by atoms with E-state index in [0.717, 1.165) is 12.0 Å². The molecule has 3 atom stereocenters. The highest BCUT2D eigenvalue weighted by atomic mass is 79.9. The topological polar surface area (TPSA) is 131 Å². The summed E-state index contributed by atoms with van der Waals surface area (Å²) in [5.74, 6) is -2.33. The van der Waals surface area contributed by atoms with Gasteiger partial charge in [-0.15, -0.1) is 0 Å². The Morgan fingerprint density at radius 2 is 1.97 bits per heavy atom. The largest absolute Gasteiger partial charge is 0.453 e. The summed E-state index contributed by atoms with van der Waals surface area (Å²) < 4.78 is 19.3. The van der Waals surface area contributed by atoms with E-state index < -0.39 is 42.1 Å². The number of hydrogen-bond donors (Lipinski definition) is 3. The lowest BCUT2D eigenvalue weighted by Crippen LogP contribution is -2.54. The van der Waals surface area contributed by atoms with Crippen molar-refractivity contribution in [3.05, 3.63) is 28.2 Å². The third-order valence-corrected chi connectivity index (χ3v) is 5.23. The highest BCUT2D eigenvalue weighted by molar-refractivity contribution is 9.10. The summed E-state index contributed by atoms with van der Waals surface area (Å²) >= 11 is 3.22. The van der Waals surface area contributed by atoms with Crippen molar-refractivity contribution in [3.8, 4) is 0 Å². The Bertz CT molecular complexity index is 850. The molecule has 1 aliphatic rings. The van der Waals surface area contributed by atoms with Gasteiger partial charge in [-0.05, 0) is 24.1 Å². The van der Waals surface area contributed by atoms with Crippen molar-refractivity contribution < 1.29 is 28.3 Å². The zero-order valence-corrected chi connectivity index (χ0v) is 18.4. The van der Waals surface area contributed by atoms with E-state index in [1.807, 2.05) is 0 Å². The molecule has 0 spiro atoms. The first-order valence-corrected chi connectivity index (χ1v) is 10.0. The summed E-state index contributed by atoms with van der Waals surface area (Å²) in [6.07, 6.45) is -2.42. The normalized spacial score (nSPS) is 19.3. The number of nitrogens with zero attached hydrogens (tertiary/aromatic N) is 1. The van der Waals surface area contributed by atoms with Crippen molar-refractivity contribution >= 4 is 45.4 Å². The van der Waals surface area contributed by atoms with Crippen LogP contribution in [0.5, 0.6) is 0 Å². The first-order chi connectivity index (χ1) is 14.0. The number of halogens is 2. The number of nitrogens with two attached hydrogens (primary N) is 1. The molecule has 1 aromatic rings. The number of alkyl carbamates (subject to hydrolysis) is 1. The molecule has 4 N–H and O–H groups in total. The number of anilines is 1. The molecule has 0 bridgehead atoms. The van der Waals surface area contributed by atoms with Crippen molar-refractivity contribution in [2.75, 3.05) is 19.0 Å². The van der Waals surface area contributed by atoms with Crippen LogP contribution in [-0.4, -0.2) is 60.6 Å². The number of hydrogen-bond acceptors (Lipinski definition) is 5. The molecule has 1 heterocycles. The van der Waals surface area contributed by atoms with E-state index in [-0.39, 0.29) is 30.1 Å². The van der Waals surface area contributed by atoms with Gasteiger partial charge in [0.2, 0.25) is 11.8 Å². The maximum Gasteiger partial charge on any atom is 0.407 e. The van der Waals surface area contributed by atoms with Gasteiger partial charge in [0.1, 0.15) is 18.3 Å². The predicted molar refractivity (Wildman–Crippen MR) is 110 cm³/mol. The Kier molecular flexibility index (Phi) is 7.77. The number of nitrogens with one attached hydrogen (secondary N) is 2. The van der Waals surface area contributed by atoms with Gasteiger partial charge in [-0.1, -0.05) is 29.8 Å². The molecule has 1 aromatic carbocycles. The number of carbonyl (C=O) groups excluding carboxylic acids is 4. The number of ether oxygens (including phenoxy) is 1. The van der Waals surface area contributed by atoms with E-state index in [0.29, 0.717) is 4.47 Å². The second-order valence-electron chi connectivity index (χ2n) is 7.24. The molecule has 1 saturated heterocycles.